The minimum atomic E-state index is -0.792. The van der Waals surface area contributed by atoms with E-state index in [0.717, 1.165) is 23.2 Å². The van der Waals surface area contributed by atoms with Crippen molar-refractivity contribution in [3.63, 3.8) is 0 Å². The fourth-order valence-corrected chi connectivity index (χ4v) is 5.06. The lowest BCUT2D eigenvalue weighted by Gasteiger charge is -2.23. The van der Waals surface area contributed by atoms with Crippen molar-refractivity contribution >= 4 is 28.6 Å². The number of hydrogen-bond acceptors (Lipinski definition) is 7. The van der Waals surface area contributed by atoms with E-state index in [0.29, 0.717) is 31.5 Å². The topological polar surface area (TPSA) is 122 Å². The number of benzene rings is 2. The number of Topliss-reactive ketones (excluding diaryl/α,β-unsaturated/α-hetero) is 1. The van der Waals surface area contributed by atoms with Gasteiger partial charge in [-0.05, 0) is 56.0 Å². The van der Waals surface area contributed by atoms with E-state index in [2.05, 4.69) is 25.8 Å². The smallest absolute Gasteiger partial charge is 0.287 e. The third-order valence-electron chi connectivity index (χ3n) is 7.04. The molecule has 3 heterocycles. The number of carbonyl (C=O) groups excluding carboxylic acids is 3. The molecule has 1 saturated heterocycles. The molecular formula is C30H34N6O4. The zero-order valence-electron chi connectivity index (χ0n) is 22.7. The predicted molar refractivity (Wildman–Crippen MR) is 150 cm³/mol. The van der Waals surface area contributed by atoms with E-state index in [1.165, 1.54) is 0 Å². The minimum Gasteiger partial charge on any atom is -0.451 e. The van der Waals surface area contributed by atoms with E-state index in [-0.39, 0.29) is 29.9 Å². The van der Waals surface area contributed by atoms with Crippen molar-refractivity contribution < 1.29 is 18.8 Å². The number of hydrogen-bond donors (Lipinski definition) is 2. The maximum Gasteiger partial charge on any atom is 0.287 e. The second-order valence-corrected chi connectivity index (χ2v) is 10.7. The van der Waals surface area contributed by atoms with Crippen LogP contribution < -0.4 is 10.6 Å². The van der Waals surface area contributed by atoms with Crippen LogP contribution in [0.1, 0.15) is 49.4 Å². The number of carbonyl (C=O) groups is 3. The average Bonchev–Trinajstić information content (AvgIpc) is 3.55. The molecule has 40 heavy (non-hydrogen) atoms. The molecule has 1 aliphatic rings. The SMILES string of the molecule is CC(C)C[C@H](NC(=O)c1cc2ccccc2o1)C(=O)NC1CCCN(Cc2cnnn2-c2ccccc2)CC1=O. The molecular weight excluding hydrogens is 508 g/mol. The van der Waals surface area contributed by atoms with Crippen LogP contribution in [0, 0.1) is 5.92 Å². The van der Waals surface area contributed by atoms with E-state index >= 15 is 0 Å². The van der Waals surface area contributed by atoms with Gasteiger partial charge in [-0.2, -0.15) is 0 Å². The lowest BCUT2D eigenvalue weighted by Crippen LogP contribution is -2.52. The molecule has 10 nitrogen and oxygen atoms in total. The molecule has 2 aromatic heterocycles. The highest BCUT2D eigenvalue weighted by Crippen LogP contribution is 2.20. The van der Waals surface area contributed by atoms with Gasteiger partial charge >= 0.3 is 0 Å². The summed E-state index contributed by atoms with van der Waals surface area (Å²) >= 11 is 0. The van der Waals surface area contributed by atoms with Gasteiger partial charge in [-0.1, -0.05) is 55.5 Å². The molecule has 5 rings (SSSR count). The number of aromatic nitrogens is 3. The van der Waals surface area contributed by atoms with Gasteiger partial charge in [0.2, 0.25) is 5.91 Å². The first-order valence-electron chi connectivity index (χ1n) is 13.7. The van der Waals surface area contributed by atoms with Crippen LogP contribution >= 0.6 is 0 Å². The molecule has 208 valence electrons. The van der Waals surface area contributed by atoms with Crippen LogP contribution in [0.3, 0.4) is 0 Å². The van der Waals surface area contributed by atoms with E-state index < -0.39 is 18.0 Å². The number of nitrogens with zero attached hydrogens (tertiary/aromatic N) is 4. The summed E-state index contributed by atoms with van der Waals surface area (Å²) in [4.78, 5) is 41.6. The average molecular weight is 543 g/mol. The quantitative estimate of drug-likeness (QED) is 0.332. The summed E-state index contributed by atoms with van der Waals surface area (Å²) in [5.41, 5.74) is 2.39. The second-order valence-electron chi connectivity index (χ2n) is 10.7. The molecule has 10 heteroatoms. The molecule has 0 aliphatic carbocycles. The Kier molecular flexibility index (Phi) is 8.35. The fraction of sp³-hybridized carbons (Fsp3) is 0.367. The maximum absolute atomic E-state index is 13.3. The van der Waals surface area contributed by atoms with Crippen molar-refractivity contribution in [2.45, 2.75) is 51.7 Å². The second kappa shape index (κ2) is 12.3. The Balaban J connectivity index is 1.22. The van der Waals surface area contributed by atoms with E-state index in [4.69, 9.17) is 4.42 Å². The Bertz CT molecular complexity index is 1440. The number of ketones is 1. The van der Waals surface area contributed by atoms with Gasteiger partial charge in [-0.15, -0.1) is 5.10 Å². The standard InChI is InChI=1S/C30H34N6O4/c1-20(2)15-25(33-30(39)28-16-21-9-6-7-13-27(21)40-28)29(38)32-24-12-8-14-35(19-26(24)37)18-23-17-31-34-36(23)22-10-4-3-5-11-22/h3-7,9-11,13,16-17,20,24-25H,8,12,14-15,18-19H2,1-2H3,(H,32,38)(H,33,39)/t24?,25-/m0/s1. The van der Waals surface area contributed by atoms with Gasteiger partial charge in [-0.3, -0.25) is 19.3 Å². The molecule has 4 aromatic rings. The fourth-order valence-electron chi connectivity index (χ4n) is 5.06. The number of para-hydroxylation sites is 2. The molecule has 2 atom stereocenters. The van der Waals surface area contributed by atoms with Crippen molar-refractivity contribution in [3.05, 3.63) is 78.3 Å². The summed E-state index contributed by atoms with van der Waals surface area (Å²) in [7, 11) is 0. The van der Waals surface area contributed by atoms with Gasteiger partial charge in [0.15, 0.2) is 11.5 Å². The lowest BCUT2D eigenvalue weighted by atomic mass is 10.0. The zero-order valence-corrected chi connectivity index (χ0v) is 22.7. The third kappa shape index (κ3) is 6.45. The summed E-state index contributed by atoms with van der Waals surface area (Å²) in [5.74, 6) is -0.588. The number of rotatable bonds is 9. The maximum atomic E-state index is 13.3. The van der Waals surface area contributed by atoms with Gasteiger partial charge < -0.3 is 15.1 Å². The Morgan fingerprint density at radius 1 is 1.10 bits per heavy atom. The number of fused-ring (bicyclic) bond motifs is 1. The van der Waals surface area contributed by atoms with Crippen LogP contribution in [0.2, 0.25) is 0 Å². The molecule has 2 amide bonds. The molecule has 2 aromatic carbocycles. The molecule has 2 N–H and O–H groups in total. The largest absolute Gasteiger partial charge is 0.451 e. The van der Waals surface area contributed by atoms with E-state index in [9.17, 15) is 14.4 Å². The highest BCUT2D eigenvalue weighted by molar-refractivity contribution is 5.99. The summed E-state index contributed by atoms with van der Waals surface area (Å²) in [6.07, 6.45) is 3.41. The van der Waals surface area contributed by atoms with Crippen molar-refractivity contribution in [1.82, 2.24) is 30.5 Å². The van der Waals surface area contributed by atoms with Crippen LogP contribution in [0.15, 0.2) is 71.3 Å². The highest BCUT2D eigenvalue weighted by Gasteiger charge is 2.31. The number of nitrogens with one attached hydrogen (secondary N) is 2. The molecule has 0 radical (unpaired) electrons. The van der Waals surface area contributed by atoms with Gasteiger partial charge in [0.1, 0.15) is 11.6 Å². The molecule has 1 unspecified atom stereocenters. The predicted octanol–water partition coefficient (Wildman–Crippen LogP) is 3.51. The van der Waals surface area contributed by atoms with Crippen molar-refractivity contribution in [2.75, 3.05) is 13.1 Å². The zero-order chi connectivity index (χ0) is 28.1. The van der Waals surface area contributed by atoms with Crippen LogP contribution in [0.4, 0.5) is 0 Å². The van der Waals surface area contributed by atoms with Crippen LogP contribution in [0.5, 0.6) is 0 Å². The summed E-state index contributed by atoms with van der Waals surface area (Å²) in [5, 5.41) is 14.8. The molecule has 1 fully saturated rings. The molecule has 0 saturated carbocycles. The van der Waals surface area contributed by atoms with E-state index in [1.54, 1.807) is 23.0 Å². The number of amides is 2. The first kappa shape index (κ1) is 27.3. The van der Waals surface area contributed by atoms with Crippen molar-refractivity contribution in [3.8, 4) is 5.69 Å². The summed E-state index contributed by atoms with van der Waals surface area (Å²) in [6.45, 7) is 5.38. The van der Waals surface area contributed by atoms with Crippen LogP contribution in [-0.2, 0) is 16.1 Å². The van der Waals surface area contributed by atoms with Gasteiger partial charge in [0, 0.05) is 11.9 Å². The van der Waals surface area contributed by atoms with Gasteiger partial charge in [0.05, 0.1) is 30.2 Å². The molecule has 1 aliphatic heterocycles. The highest BCUT2D eigenvalue weighted by atomic mass is 16.3. The normalized spacial score (nSPS) is 17.1. The van der Waals surface area contributed by atoms with Crippen molar-refractivity contribution in [1.29, 1.82) is 0 Å². The Morgan fingerprint density at radius 3 is 2.65 bits per heavy atom. The molecule has 0 bridgehead atoms. The van der Waals surface area contributed by atoms with E-state index in [1.807, 2.05) is 62.4 Å². The summed E-state index contributed by atoms with van der Waals surface area (Å²) < 4.78 is 7.45. The van der Waals surface area contributed by atoms with Crippen LogP contribution in [-0.4, -0.2) is 62.7 Å². The number of likely N-dealkylation sites (tertiary alicyclic amines) is 1. The lowest BCUT2D eigenvalue weighted by molar-refractivity contribution is -0.129. The van der Waals surface area contributed by atoms with Gasteiger partial charge in [0.25, 0.3) is 5.91 Å². The minimum absolute atomic E-state index is 0.0588. The third-order valence-corrected chi connectivity index (χ3v) is 7.04. The Morgan fingerprint density at radius 2 is 1.88 bits per heavy atom. The monoisotopic (exact) mass is 542 g/mol. The van der Waals surface area contributed by atoms with Gasteiger partial charge in [-0.25, -0.2) is 4.68 Å². The van der Waals surface area contributed by atoms with Crippen LogP contribution in [0.25, 0.3) is 16.7 Å². The Labute approximate surface area is 232 Å². The number of furan rings is 1. The first-order chi connectivity index (χ1) is 19.4. The van der Waals surface area contributed by atoms with Crippen molar-refractivity contribution in [2.24, 2.45) is 5.92 Å². The first-order valence-corrected chi connectivity index (χ1v) is 13.7. The molecule has 0 spiro atoms. The summed E-state index contributed by atoms with van der Waals surface area (Å²) in [6, 6.07) is 17.3. The Hall–Kier alpha value is -4.31.